The molecule has 1 aliphatic heterocycles. The molecule has 0 bridgehead atoms. The molecule has 5 N–H and O–H groups in total. The Balaban J connectivity index is 2.08. The van der Waals surface area contributed by atoms with E-state index in [1.807, 2.05) is 0 Å². The molecule has 1 saturated heterocycles. The topological polar surface area (TPSA) is 92.6 Å². The van der Waals surface area contributed by atoms with Crippen molar-refractivity contribution in [2.75, 3.05) is 13.1 Å². The maximum atomic E-state index is 11.6. The molecule has 2 fully saturated rings. The molecule has 0 aromatic carbocycles. The lowest BCUT2D eigenvalue weighted by atomic mass is 9.83. The molecule has 1 heterocycles. The van der Waals surface area contributed by atoms with Crippen molar-refractivity contribution < 1.29 is 9.90 Å². The van der Waals surface area contributed by atoms with E-state index >= 15 is 0 Å². The monoisotopic (exact) mass is 267 g/mol. The van der Waals surface area contributed by atoms with E-state index in [0.717, 1.165) is 45.0 Å². The van der Waals surface area contributed by atoms with Gasteiger partial charge >= 0.3 is 5.97 Å². The molecule has 2 aliphatic rings. The van der Waals surface area contributed by atoms with Crippen LogP contribution in [0.2, 0.25) is 6.32 Å². The molecule has 4 atom stereocenters. The first-order valence-corrected chi connectivity index (χ1v) is 7.51. The minimum atomic E-state index is -1.09. The Labute approximate surface area is 116 Å². The van der Waals surface area contributed by atoms with Gasteiger partial charge in [-0.15, -0.1) is 0 Å². The van der Waals surface area contributed by atoms with Crippen LogP contribution in [-0.2, 0) is 4.79 Å². The van der Waals surface area contributed by atoms with Crippen LogP contribution in [0.5, 0.6) is 0 Å². The summed E-state index contributed by atoms with van der Waals surface area (Å²) in [6.45, 7) is 1.25. The minimum absolute atomic E-state index is 0.0535. The summed E-state index contributed by atoms with van der Waals surface area (Å²) in [4.78, 5) is 13.8. The Morgan fingerprint density at radius 2 is 2.21 bits per heavy atom. The van der Waals surface area contributed by atoms with Crippen LogP contribution in [0.3, 0.4) is 0 Å². The van der Waals surface area contributed by atoms with Gasteiger partial charge in [0.05, 0.1) is 0 Å². The highest BCUT2D eigenvalue weighted by molar-refractivity contribution is 6.08. The Morgan fingerprint density at radius 3 is 2.74 bits per heavy atom. The summed E-state index contributed by atoms with van der Waals surface area (Å²) in [6, 6.07) is 0.511. The van der Waals surface area contributed by atoms with Crippen molar-refractivity contribution in [1.29, 1.82) is 0 Å². The number of carboxylic acids is 1. The Bertz CT molecular complexity index is 342. The summed E-state index contributed by atoms with van der Waals surface area (Å²) in [6.07, 6.45) is 6.30. The van der Waals surface area contributed by atoms with E-state index in [4.69, 9.17) is 11.5 Å². The van der Waals surface area contributed by atoms with Crippen molar-refractivity contribution in [3.63, 3.8) is 0 Å². The quantitative estimate of drug-likeness (QED) is 0.579. The van der Waals surface area contributed by atoms with Gasteiger partial charge in [0.1, 0.15) is 13.4 Å². The van der Waals surface area contributed by atoms with E-state index in [1.165, 1.54) is 0 Å². The number of carboxylic acid groups (broad SMARTS) is 1. The summed E-state index contributed by atoms with van der Waals surface area (Å²) in [7, 11) is 2.12. The molecule has 1 saturated carbocycles. The molecule has 108 valence electrons. The number of likely N-dealkylation sites (tertiary alicyclic amines) is 1. The second-order valence-corrected chi connectivity index (χ2v) is 6.28. The molecule has 5 nitrogen and oxygen atoms in total. The van der Waals surface area contributed by atoms with E-state index in [0.29, 0.717) is 12.6 Å². The lowest BCUT2D eigenvalue weighted by Gasteiger charge is -2.28. The van der Waals surface area contributed by atoms with Crippen LogP contribution < -0.4 is 11.5 Å². The molecular weight excluding hydrogens is 241 g/mol. The largest absolute Gasteiger partial charge is 0.480 e. The molecule has 2 unspecified atom stereocenters. The van der Waals surface area contributed by atoms with Gasteiger partial charge in [0.15, 0.2) is 0 Å². The van der Waals surface area contributed by atoms with Crippen molar-refractivity contribution in [3.8, 4) is 0 Å². The van der Waals surface area contributed by atoms with E-state index in [-0.39, 0.29) is 12.0 Å². The fourth-order valence-electron chi connectivity index (χ4n) is 3.69. The first-order chi connectivity index (χ1) is 8.99. The van der Waals surface area contributed by atoms with Crippen LogP contribution in [0, 0.1) is 5.92 Å². The standard InChI is InChI=1S/C13H26BN3O2/c14-6-2-3-9-7-17(8-13(9,16)12(18)19)11-5-1-4-10(11)15/h9-11H,1-8,14-16H2,(H,18,19)/t9-,10?,11?,13-/m0/s1. The first-order valence-electron chi connectivity index (χ1n) is 7.51. The zero-order valence-electron chi connectivity index (χ0n) is 11.8. The normalized spacial score (nSPS) is 39.8. The maximum Gasteiger partial charge on any atom is 0.325 e. The Hall–Kier alpha value is -0.585. The van der Waals surface area contributed by atoms with Crippen molar-refractivity contribution in [2.24, 2.45) is 17.4 Å². The predicted octanol–water partition coefficient (Wildman–Crippen LogP) is -0.588. The molecule has 19 heavy (non-hydrogen) atoms. The highest BCUT2D eigenvalue weighted by Crippen LogP contribution is 2.35. The van der Waals surface area contributed by atoms with Gasteiger partial charge in [-0.1, -0.05) is 19.2 Å². The third-order valence-electron chi connectivity index (χ3n) is 4.95. The van der Waals surface area contributed by atoms with E-state index < -0.39 is 11.5 Å². The highest BCUT2D eigenvalue weighted by Gasteiger charge is 2.51. The second-order valence-electron chi connectivity index (χ2n) is 6.28. The summed E-state index contributed by atoms with van der Waals surface area (Å²) < 4.78 is 0. The number of nitrogens with zero attached hydrogens (tertiary/aromatic N) is 1. The van der Waals surface area contributed by atoms with Crippen LogP contribution in [0.25, 0.3) is 0 Å². The van der Waals surface area contributed by atoms with Gasteiger partial charge < -0.3 is 16.6 Å². The van der Waals surface area contributed by atoms with Crippen molar-refractivity contribution >= 4 is 13.8 Å². The smallest absolute Gasteiger partial charge is 0.325 e. The lowest BCUT2D eigenvalue weighted by molar-refractivity contribution is -0.144. The molecule has 0 aromatic heterocycles. The van der Waals surface area contributed by atoms with E-state index in [9.17, 15) is 9.90 Å². The number of carbonyl (C=O) groups is 1. The molecule has 0 amide bonds. The Morgan fingerprint density at radius 1 is 1.47 bits per heavy atom. The summed E-state index contributed by atoms with van der Waals surface area (Å²) in [5.74, 6) is -0.805. The predicted molar refractivity (Wildman–Crippen MR) is 77.8 cm³/mol. The molecule has 0 radical (unpaired) electrons. The molecular formula is C13H26BN3O2. The fraction of sp³-hybridized carbons (Fsp3) is 0.923. The number of hydrogen-bond acceptors (Lipinski definition) is 4. The number of aliphatic carboxylic acids is 1. The van der Waals surface area contributed by atoms with Crippen LogP contribution in [0.1, 0.15) is 32.1 Å². The molecule has 1 aliphatic carbocycles. The van der Waals surface area contributed by atoms with Gasteiger partial charge in [-0.3, -0.25) is 9.69 Å². The fourth-order valence-corrected chi connectivity index (χ4v) is 3.69. The second kappa shape index (κ2) is 5.81. The van der Waals surface area contributed by atoms with Crippen LogP contribution in [0.15, 0.2) is 0 Å². The molecule has 2 rings (SSSR count). The summed E-state index contributed by atoms with van der Waals surface area (Å²) >= 11 is 0. The van der Waals surface area contributed by atoms with Crippen LogP contribution in [0.4, 0.5) is 0 Å². The average Bonchev–Trinajstić information content (AvgIpc) is 2.91. The SMILES string of the molecule is BCCC[C@H]1CN(C2CCCC2N)C[C@@]1(N)C(=O)O. The van der Waals surface area contributed by atoms with Gasteiger partial charge in [-0.25, -0.2) is 0 Å². The summed E-state index contributed by atoms with van der Waals surface area (Å²) in [5, 5.41) is 9.49. The summed E-state index contributed by atoms with van der Waals surface area (Å²) in [5.41, 5.74) is 11.3. The third-order valence-corrected chi connectivity index (χ3v) is 4.95. The van der Waals surface area contributed by atoms with Gasteiger partial charge in [0, 0.05) is 31.1 Å². The third kappa shape index (κ3) is 2.80. The number of hydrogen-bond donors (Lipinski definition) is 3. The van der Waals surface area contributed by atoms with Gasteiger partial charge in [-0.2, -0.15) is 0 Å². The highest BCUT2D eigenvalue weighted by atomic mass is 16.4. The number of rotatable bonds is 5. The van der Waals surface area contributed by atoms with Crippen LogP contribution in [-0.4, -0.2) is 54.5 Å². The van der Waals surface area contributed by atoms with Crippen LogP contribution >= 0.6 is 0 Å². The lowest BCUT2D eigenvalue weighted by Crippen LogP contribution is -2.55. The van der Waals surface area contributed by atoms with Gasteiger partial charge in [0.25, 0.3) is 0 Å². The van der Waals surface area contributed by atoms with Crippen molar-refractivity contribution in [2.45, 2.75) is 56.0 Å². The average molecular weight is 267 g/mol. The first kappa shape index (κ1) is 14.8. The van der Waals surface area contributed by atoms with Gasteiger partial charge in [-0.05, 0) is 19.3 Å². The van der Waals surface area contributed by atoms with E-state index in [1.54, 1.807) is 0 Å². The maximum absolute atomic E-state index is 11.6. The molecule has 0 spiro atoms. The molecule has 0 aromatic rings. The van der Waals surface area contributed by atoms with Gasteiger partial charge in [0.2, 0.25) is 0 Å². The Kier molecular flexibility index (Phi) is 4.53. The van der Waals surface area contributed by atoms with Crippen molar-refractivity contribution in [3.05, 3.63) is 0 Å². The molecule has 6 heteroatoms. The zero-order valence-corrected chi connectivity index (χ0v) is 11.8. The van der Waals surface area contributed by atoms with Crippen molar-refractivity contribution in [1.82, 2.24) is 4.90 Å². The number of nitrogens with two attached hydrogens (primary N) is 2. The minimum Gasteiger partial charge on any atom is -0.480 e. The zero-order chi connectivity index (χ0) is 14.0. The van der Waals surface area contributed by atoms with E-state index in [2.05, 4.69) is 12.7 Å².